The van der Waals surface area contributed by atoms with Crippen molar-refractivity contribution in [2.24, 2.45) is 0 Å². The Labute approximate surface area is 152 Å². The molecule has 2 aliphatic rings. The number of nitrogens with zero attached hydrogens (tertiary/aromatic N) is 2. The van der Waals surface area contributed by atoms with Crippen molar-refractivity contribution < 1.29 is 23.7 Å². The lowest BCUT2D eigenvalue weighted by Gasteiger charge is -2.22. The molecule has 9 nitrogen and oxygen atoms in total. The summed E-state index contributed by atoms with van der Waals surface area (Å²) in [5, 5.41) is 5.64. The van der Waals surface area contributed by atoms with Gasteiger partial charge in [-0.05, 0) is 0 Å². The molecule has 0 saturated heterocycles. The molecule has 24 heavy (non-hydrogen) atoms. The minimum Gasteiger partial charge on any atom is -0.288 e. The molecule has 2 heterocycles. The smallest absolute Gasteiger partial charge is 0.253 e. The molecule has 2 rings (SSSR count). The second-order valence-corrected chi connectivity index (χ2v) is 9.40. The fourth-order valence-electron chi connectivity index (χ4n) is 2.13. The Morgan fingerprint density at radius 1 is 0.792 bits per heavy atom. The van der Waals surface area contributed by atoms with E-state index in [0.717, 1.165) is 9.80 Å². The predicted molar refractivity (Wildman–Crippen MR) is 94.2 cm³/mol. The average molecular weight is 466 g/mol. The first-order chi connectivity index (χ1) is 11.4. The first-order valence-corrected chi connectivity index (χ1v) is 10.5. The van der Waals surface area contributed by atoms with Crippen LogP contribution in [0, 0.1) is 0 Å². The van der Waals surface area contributed by atoms with Crippen LogP contribution in [-0.4, -0.2) is 63.8 Å². The van der Waals surface area contributed by atoms with Gasteiger partial charge >= 0.3 is 0 Å². The first kappa shape index (κ1) is 19.0. The van der Waals surface area contributed by atoms with Gasteiger partial charge in [-0.1, -0.05) is 22.6 Å². The fourth-order valence-corrected chi connectivity index (χ4v) is 4.78. The molecule has 2 aliphatic heterocycles. The molecular weight excluding hydrogens is 450 g/mol. The van der Waals surface area contributed by atoms with E-state index in [-0.39, 0.29) is 30.3 Å². The number of carbonyl (C=O) groups excluding carboxylic acids is 4. The van der Waals surface area contributed by atoms with E-state index < -0.39 is 31.1 Å². The number of alkyl halides is 1. The van der Waals surface area contributed by atoms with Crippen molar-refractivity contribution in [2.75, 3.05) is 30.3 Å². The predicted octanol–water partition coefficient (Wildman–Crippen LogP) is -0.399. The van der Waals surface area contributed by atoms with Crippen LogP contribution in [0.2, 0.25) is 0 Å². The molecule has 0 fully saturated rings. The van der Waals surface area contributed by atoms with E-state index in [9.17, 15) is 23.7 Å². The molecular formula is C13H16IN4O5P. The van der Waals surface area contributed by atoms with Crippen molar-refractivity contribution in [1.29, 1.82) is 0 Å². The third-order valence-corrected chi connectivity index (χ3v) is 8.06. The lowest BCUT2D eigenvalue weighted by molar-refractivity contribution is -0.138. The number of hydrogen-bond acceptors (Lipinski definition) is 5. The highest BCUT2D eigenvalue weighted by Crippen LogP contribution is 2.37. The van der Waals surface area contributed by atoms with Gasteiger partial charge in [0, 0.05) is 50.5 Å². The zero-order valence-electron chi connectivity index (χ0n) is 12.6. The van der Waals surface area contributed by atoms with Crippen molar-refractivity contribution in [3.63, 3.8) is 0 Å². The van der Waals surface area contributed by atoms with Crippen molar-refractivity contribution in [3.05, 3.63) is 24.3 Å². The lowest BCUT2D eigenvalue weighted by Crippen LogP contribution is -2.39. The van der Waals surface area contributed by atoms with E-state index in [1.165, 1.54) is 24.3 Å². The highest BCUT2D eigenvalue weighted by molar-refractivity contribution is 14.1. The monoisotopic (exact) mass is 466 g/mol. The quantitative estimate of drug-likeness (QED) is 0.206. The van der Waals surface area contributed by atoms with Crippen molar-refractivity contribution in [3.8, 4) is 0 Å². The molecule has 0 bridgehead atoms. The van der Waals surface area contributed by atoms with Gasteiger partial charge in [0.05, 0.1) is 4.17 Å². The number of halogens is 1. The summed E-state index contributed by atoms with van der Waals surface area (Å²) >= 11 is 1.95. The van der Waals surface area contributed by atoms with Crippen LogP contribution in [0.5, 0.6) is 0 Å². The Morgan fingerprint density at radius 2 is 1.12 bits per heavy atom. The van der Waals surface area contributed by atoms with E-state index in [0.29, 0.717) is 0 Å². The summed E-state index contributed by atoms with van der Waals surface area (Å²) in [5.41, 5.74) is 0. The Hall–Kier alpha value is -1.36. The van der Waals surface area contributed by atoms with E-state index in [4.69, 9.17) is 0 Å². The number of carbonyl (C=O) groups is 4. The average Bonchev–Trinajstić information content (AvgIpc) is 3.04. The van der Waals surface area contributed by atoms with Crippen LogP contribution >= 0.6 is 30.0 Å². The SMILES string of the molecule is O=C1C=CC(=O)N1CCNP(=O)(CI)NCCN1C(=O)C=CC1=O. The Kier molecular flexibility index (Phi) is 6.44. The Bertz CT molecular complexity index is 589. The topological polar surface area (TPSA) is 116 Å². The molecule has 2 N–H and O–H groups in total. The maximum absolute atomic E-state index is 12.6. The highest BCUT2D eigenvalue weighted by Gasteiger charge is 2.26. The molecule has 0 radical (unpaired) electrons. The molecule has 0 saturated carbocycles. The van der Waals surface area contributed by atoms with Crippen LogP contribution in [0.4, 0.5) is 0 Å². The fraction of sp³-hybridized carbons (Fsp3) is 0.385. The van der Waals surface area contributed by atoms with Gasteiger partial charge in [-0.2, -0.15) is 0 Å². The van der Waals surface area contributed by atoms with Crippen LogP contribution in [0.3, 0.4) is 0 Å². The number of imide groups is 2. The summed E-state index contributed by atoms with van der Waals surface area (Å²) in [4.78, 5) is 47.8. The second kappa shape index (κ2) is 8.15. The molecule has 0 aliphatic carbocycles. The molecule has 130 valence electrons. The van der Waals surface area contributed by atoms with E-state index in [1.54, 1.807) is 0 Å². The lowest BCUT2D eigenvalue weighted by atomic mass is 10.5. The zero-order chi connectivity index (χ0) is 17.7. The third-order valence-electron chi connectivity index (χ3n) is 3.37. The minimum absolute atomic E-state index is 0.111. The zero-order valence-corrected chi connectivity index (χ0v) is 15.7. The number of rotatable bonds is 9. The summed E-state index contributed by atoms with van der Waals surface area (Å²) < 4.78 is 12.9. The highest BCUT2D eigenvalue weighted by atomic mass is 127. The molecule has 11 heteroatoms. The van der Waals surface area contributed by atoms with E-state index >= 15 is 0 Å². The molecule has 0 aromatic carbocycles. The molecule has 0 aromatic heterocycles. The van der Waals surface area contributed by atoms with Crippen molar-refractivity contribution in [1.82, 2.24) is 20.0 Å². The van der Waals surface area contributed by atoms with Crippen LogP contribution in [0.25, 0.3) is 0 Å². The van der Waals surface area contributed by atoms with Gasteiger partial charge in [0.25, 0.3) is 23.6 Å². The van der Waals surface area contributed by atoms with Crippen molar-refractivity contribution >= 4 is 53.7 Å². The standard InChI is InChI=1S/C13H16IN4O5P/c14-9-24(23,15-5-7-17-10(19)1-2-11(17)20)16-6-8-18-12(21)3-4-13(18)22/h1-4H,5-9H2,(H2,15,16,23). The van der Waals surface area contributed by atoms with E-state index in [1.807, 2.05) is 22.6 Å². The molecule has 0 aromatic rings. The first-order valence-electron chi connectivity index (χ1n) is 7.09. The summed E-state index contributed by atoms with van der Waals surface area (Å²) in [7, 11) is -2.95. The van der Waals surface area contributed by atoms with Gasteiger partial charge in [-0.15, -0.1) is 0 Å². The van der Waals surface area contributed by atoms with Gasteiger partial charge in [0.2, 0.25) is 7.44 Å². The summed E-state index contributed by atoms with van der Waals surface area (Å²) in [6.07, 6.45) is 4.76. The van der Waals surface area contributed by atoms with Crippen LogP contribution < -0.4 is 10.2 Å². The van der Waals surface area contributed by atoms with Gasteiger partial charge < -0.3 is 0 Å². The maximum Gasteiger partial charge on any atom is 0.253 e. The van der Waals surface area contributed by atoms with E-state index in [2.05, 4.69) is 10.2 Å². The summed E-state index contributed by atoms with van der Waals surface area (Å²) in [5.74, 6) is -1.56. The molecule has 4 amide bonds. The largest absolute Gasteiger partial charge is 0.288 e. The summed E-state index contributed by atoms with van der Waals surface area (Å²) in [6.45, 7) is 0.575. The molecule has 0 unspecified atom stereocenters. The number of hydrogen-bond donors (Lipinski definition) is 2. The van der Waals surface area contributed by atoms with Crippen LogP contribution in [0.1, 0.15) is 0 Å². The van der Waals surface area contributed by atoms with Gasteiger partial charge in [-0.25, -0.2) is 0 Å². The van der Waals surface area contributed by atoms with Gasteiger partial charge in [-0.3, -0.25) is 43.7 Å². The van der Waals surface area contributed by atoms with Gasteiger partial charge in [0.15, 0.2) is 0 Å². The second-order valence-electron chi connectivity index (χ2n) is 5.00. The summed E-state index contributed by atoms with van der Waals surface area (Å²) in [6, 6.07) is 0. The Morgan fingerprint density at radius 3 is 1.42 bits per heavy atom. The van der Waals surface area contributed by atoms with Gasteiger partial charge in [0.1, 0.15) is 0 Å². The molecule has 0 spiro atoms. The number of amides is 4. The maximum atomic E-state index is 12.6. The number of nitrogens with one attached hydrogen (secondary N) is 2. The minimum atomic E-state index is -2.95. The normalized spacial score (nSPS) is 17.7. The van der Waals surface area contributed by atoms with Crippen molar-refractivity contribution in [2.45, 2.75) is 0 Å². The van der Waals surface area contributed by atoms with Crippen LogP contribution in [0.15, 0.2) is 24.3 Å². The van der Waals surface area contributed by atoms with Crippen LogP contribution in [-0.2, 0) is 23.7 Å². The third kappa shape index (κ3) is 4.59. The molecule has 0 atom stereocenters. The Balaban J connectivity index is 1.76.